The normalized spacial score (nSPS) is 13.5. The van der Waals surface area contributed by atoms with Crippen LogP contribution in [0.25, 0.3) is 11.3 Å². The number of hydrogen-bond acceptors (Lipinski definition) is 5. The lowest BCUT2D eigenvalue weighted by Crippen LogP contribution is -2.49. The molecule has 39 heavy (non-hydrogen) atoms. The minimum atomic E-state index is -0.186. The minimum absolute atomic E-state index is 0.0190. The van der Waals surface area contributed by atoms with Gasteiger partial charge in [0.15, 0.2) is 0 Å². The molecule has 1 fully saturated rings. The molecule has 3 aromatic carbocycles. The molecule has 9 heteroatoms. The van der Waals surface area contributed by atoms with E-state index in [0.717, 1.165) is 22.5 Å². The lowest BCUT2D eigenvalue weighted by Gasteiger charge is -2.32. The van der Waals surface area contributed by atoms with Crippen LogP contribution >= 0.6 is 11.6 Å². The number of urea groups is 1. The Labute approximate surface area is 232 Å². The largest absolute Gasteiger partial charge is 0.338 e. The number of benzene rings is 3. The number of halogens is 1. The third kappa shape index (κ3) is 7.12. The lowest BCUT2D eigenvalue weighted by molar-refractivity contribution is 0.0708. The smallest absolute Gasteiger partial charge is 0.315 e. The van der Waals surface area contributed by atoms with Gasteiger partial charge in [0.05, 0.1) is 5.69 Å². The Morgan fingerprint density at radius 1 is 0.897 bits per heavy atom. The van der Waals surface area contributed by atoms with Crippen molar-refractivity contribution in [3.05, 3.63) is 107 Å². The van der Waals surface area contributed by atoms with Crippen molar-refractivity contribution in [2.75, 3.05) is 18.4 Å². The van der Waals surface area contributed by atoms with Gasteiger partial charge < -0.3 is 20.9 Å². The van der Waals surface area contributed by atoms with Crippen LogP contribution < -0.4 is 16.0 Å². The maximum atomic E-state index is 13.1. The summed E-state index contributed by atoms with van der Waals surface area (Å²) < 4.78 is 0. The summed E-state index contributed by atoms with van der Waals surface area (Å²) in [6.07, 6.45) is 3.12. The maximum absolute atomic E-state index is 13.1. The van der Waals surface area contributed by atoms with E-state index in [9.17, 15) is 9.59 Å². The van der Waals surface area contributed by atoms with Crippen molar-refractivity contribution in [2.24, 2.45) is 0 Å². The van der Waals surface area contributed by atoms with Crippen LogP contribution in [-0.2, 0) is 6.54 Å². The number of piperidine rings is 1. The van der Waals surface area contributed by atoms with E-state index < -0.39 is 0 Å². The Balaban J connectivity index is 1.10. The molecule has 3 amide bonds. The first-order chi connectivity index (χ1) is 19.0. The first-order valence-electron chi connectivity index (χ1n) is 12.9. The standard InChI is InChI=1S/C30H29ClN6O2/c31-24-10-6-22(7-11-24)27-14-17-32-29(36-27)34-25-12-8-23(9-13-25)28(38)37-18-15-26(16-19-37)35-30(39)33-20-21-4-2-1-3-5-21/h1-14,17,26H,15-16,18-20H2,(H,32,34,36)(H2,33,35,39). The fourth-order valence-corrected chi connectivity index (χ4v) is 4.58. The van der Waals surface area contributed by atoms with Gasteiger partial charge in [0, 0.05) is 53.7 Å². The molecule has 1 aliphatic rings. The number of likely N-dealkylation sites (tertiary alicyclic amines) is 1. The van der Waals surface area contributed by atoms with Gasteiger partial charge in [-0.05, 0) is 60.9 Å². The average molecular weight is 541 g/mol. The first kappa shape index (κ1) is 26.2. The number of amides is 3. The number of nitrogens with zero attached hydrogens (tertiary/aromatic N) is 3. The zero-order chi connectivity index (χ0) is 27.0. The maximum Gasteiger partial charge on any atom is 0.315 e. The molecule has 0 aliphatic carbocycles. The van der Waals surface area contributed by atoms with Crippen molar-refractivity contribution in [3.8, 4) is 11.3 Å². The molecule has 1 aliphatic heterocycles. The van der Waals surface area contributed by atoms with Gasteiger partial charge >= 0.3 is 6.03 Å². The third-order valence-corrected chi connectivity index (χ3v) is 6.85. The lowest BCUT2D eigenvalue weighted by atomic mass is 10.0. The van der Waals surface area contributed by atoms with Gasteiger partial charge in [0.1, 0.15) is 0 Å². The van der Waals surface area contributed by atoms with E-state index in [1.54, 1.807) is 18.3 Å². The van der Waals surface area contributed by atoms with Crippen molar-refractivity contribution >= 4 is 35.2 Å². The van der Waals surface area contributed by atoms with E-state index in [-0.39, 0.29) is 18.0 Å². The van der Waals surface area contributed by atoms with Crippen LogP contribution in [0, 0.1) is 0 Å². The summed E-state index contributed by atoms with van der Waals surface area (Å²) in [6.45, 7) is 1.66. The Morgan fingerprint density at radius 3 is 2.33 bits per heavy atom. The summed E-state index contributed by atoms with van der Waals surface area (Å²) in [7, 11) is 0. The van der Waals surface area contributed by atoms with Gasteiger partial charge in [-0.15, -0.1) is 0 Å². The molecule has 1 saturated heterocycles. The van der Waals surface area contributed by atoms with E-state index in [1.807, 2.05) is 77.7 Å². The fourth-order valence-electron chi connectivity index (χ4n) is 4.45. The number of hydrogen-bond donors (Lipinski definition) is 3. The Bertz CT molecular complexity index is 1410. The van der Waals surface area contributed by atoms with Crippen LogP contribution in [0.4, 0.5) is 16.4 Å². The number of nitrogens with one attached hydrogen (secondary N) is 3. The number of anilines is 2. The highest BCUT2D eigenvalue weighted by molar-refractivity contribution is 6.30. The number of rotatable bonds is 7. The Morgan fingerprint density at radius 2 is 1.62 bits per heavy atom. The van der Waals surface area contributed by atoms with E-state index >= 15 is 0 Å². The minimum Gasteiger partial charge on any atom is -0.338 e. The van der Waals surface area contributed by atoms with Crippen molar-refractivity contribution in [2.45, 2.75) is 25.4 Å². The zero-order valence-electron chi connectivity index (χ0n) is 21.3. The average Bonchev–Trinajstić information content (AvgIpc) is 2.98. The summed E-state index contributed by atoms with van der Waals surface area (Å²) in [4.78, 5) is 36.0. The molecule has 0 radical (unpaired) electrons. The van der Waals surface area contributed by atoms with Crippen LogP contribution in [0.5, 0.6) is 0 Å². The molecule has 0 atom stereocenters. The number of carbonyl (C=O) groups excluding carboxylic acids is 2. The summed E-state index contributed by atoms with van der Waals surface area (Å²) >= 11 is 5.99. The monoisotopic (exact) mass is 540 g/mol. The van der Waals surface area contributed by atoms with Crippen LogP contribution in [-0.4, -0.2) is 45.9 Å². The Hall–Kier alpha value is -4.43. The molecule has 0 saturated carbocycles. The second kappa shape index (κ2) is 12.4. The molecule has 0 unspecified atom stereocenters. The van der Waals surface area contributed by atoms with Gasteiger partial charge in [0.2, 0.25) is 5.95 Å². The highest BCUT2D eigenvalue weighted by Crippen LogP contribution is 2.22. The number of aromatic nitrogens is 2. The fraction of sp³-hybridized carbons (Fsp3) is 0.200. The highest BCUT2D eigenvalue weighted by atomic mass is 35.5. The quantitative estimate of drug-likeness (QED) is 0.281. The topological polar surface area (TPSA) is 99.2 Å². The number of carbonyl (C=O) groups is 2. The molecule has 0 spiro atoms. The predicted molar refractivity (Wildman–Crippen MR) is 153 cm³/mol. The molecule has 198 valence electrons. The van der Waals surface area contributed by atoms with Crippen molar-refractivity contribution in [1.29, 1.82) is 0 Å². The van der Waals surface area contributed by atoms with Crippen LogP contribution in [0.1, 0.15) is 28.8 Å². The van der Waals surface area contributed by atoms with Gasteiger partial charge in [-0.2, -0.15) is 0 Å². The molecule has 0 bridgehead atoms. The second-order valence-corrected chi connectivity index (χ2v) is 9.79. The van der Waals surface area contributed by atoms with Gasteiger partial charge in [-0.25, -0.2) is 14.8 Å². The van der Waals surface area contributed by atoms with E-state index in [0.29, 0.717) is 49.0 Å². The van der Waals surface area contributed by atoms with Crippen molar-refractivity contribution in [1.82, 2.24) is 25.5 Å². The molecule has 8 nitrogen and oxygen atoms in total. The predicted octanol–water partition coefficient (Wildman–Crippen LogP) is 5.64. The van der Waals surface area contributed by atoms with Gasteiger partial charge in [0.25, 0.3) is 5.91 Å². The van der Waals surface area contributed by atoms with Crippen LogP contribution in [0.2, 0.25) is 5.02 Å². The molecule has 3 N–H and O–H groups in total. The highest BCUT2D eigenvalue weighted by Gasteiger charge is 2.24. The summed E-state index contributed by atoms with van der Waals surface area (Å²) in [5, 5.41) is 9.78. The summed E-state index contributed by atoms with van der Waals surface area (Å²) in [6, 6.07) is 26.2. The summed E-state index contributed by atoms with van der Waals surface area (Å²) in [5.74, 6) is 0.443. The van der Waals surface area contributed by atoms with E-state index in [4.69, 9.17) is 11.6 Å². The molecule has 4 aromatic rings. The molecular formula is C30H29ClN6O2. The summed E-state index contributed by atoms with van der Waals surface area (Å²) in [5.41, 5.74) is 4.17. The Kier molecular flexibility index (Phi) is 8.33. The molecular weight excluding hydrogens is 512 g/mol. The molecule has 2 heterocycles. The molecule has 5 rings (SSSR count). The zero-order valence-corrected chi connectivity index (χ0v) is 22.1. The van der Waals surface area contributed by atoms with E-state index in [2.05, 4.69) is 25.9 Å². The van der Waals surface area contributed by atoms with Crippen LogP contribution in [0.15, 0.2) is 91.1 Å². The van der Waals surface area contributed by atoms with Crippen molar-refractivity contribution in [3.63, 3.8) is 0 Å². The van der Waals surface area contributed by atoms with Gasteiger partial charge in [-0.3, -0.25) is 4.79 Å². The first-order valence-corrected chi connectivity index (χ1v) is 13.2. The van der Waals surface area contributed by atoms with Crippen molar-refractivity contribution < 1.29 is 9.59 Å². The van der Waals surface area contributed by atoms with Gasteiger partial charge in [-0.1, -0.05) is 54.1 Å². The van der Waals surface area contributed by atoms with Crippen LogP contribution in [0.3, 0.4) is 0 Å². The molecule has 1 aromatic heterocycles. The third-order valence-electron chi connectivity index (χ3n) is 6.60. The van der Waals surface area contributed by atoms with E-state index in [1.165, 1.54) is 0 Å². The second-order valence-electron chi connectivity index (χ2n) is 9.35. The SMILES string of the molecule is O=C(NCc1ccccc1)NC1CCN(C(=O)c2ccc(Nc3nccc(-c4ccc(Cl)cc4)n3)cc2)CC1.